The zero-order chi connectivity index (χ0) is 10.6. The van der Waals surface area contributed by atoms with Crippen LogP contribution in [0.5, 0.6) is 0 Å². The van der Waals surface area contributed by atoms with Crippen LogP contribution in [0.2, 0.25) is 0 Å². The highest BCUT2D eigenvalue weighted by Gasteiger charge is 2.26. The number of aliphatic hydroxyl groups is 1. The summed E-state index contributed by atoms with van der Waals surface area (Å²) >= 11 is 0. The Morgan fingerprint density at radius 3 is 2.71 bits per heavy atom. The van der Waals surface area contributed by atoms with E-state index in [2.05, 4.69) is 5.32 Å². The topological polar surface area (TPSA) is 58.6 Å². The number of carbonyl (C=O) groups is 1. The molecule has 2 N–H and O–H groups in total. The van der Waals surface area contributed by atoms with Crippen molar-refractivity contribution in [1.29, 1.82) is 0 Å². The molecule has 1 rings (SSSR count). The Morgan fingerprint density at radius 2 is 2.21 bits per heavy atom. The maximum Gasteiger partial charge on any atom is 0.246 e. The third kappa shape index (κ3) is 4.07. The Morgan fingerprint density at radius 1 is 1.57 bits per heavy atom. The maximum atomic E-state index is 11.2. The van der Waals surface area contributed by atoms with Crippen LogP contribution >= 0.6 is 0 Å². The minimum atomic E-state index is -0.149. The molecular formula is C10H19NO3. The van der Waals surface area contributed by atoms with Gasteiger partial charge in [-0.05, 0) is 32.6 Å². The van der Waals surface area contributed by atoms with Gasteiger partial charge in [-0.15, -0.1) is 0 Å². The summed E-state index contributed by atoms with van der Waals surface area (Å²) in [7, 11) is 0. The quantitative estimate of drug-likeness (QED) is 0.672. The molecule has 4 heteroatoms. The molecule has 0 unspecified atom stereocenters. The van der Waals surface area contributed by atoms with Gasteiger partial charge >= 0.3 is 0 Å². The Bertz CT molecular complexity index is 188. The molecule has 0 bridgehead atoms. The van der Waals surface area contributed by atoms with E-state index < -0.39 is 0 Å². The second-order valence-corrected chi connectivity index (χ2v) is 4.16. The summed E-state index contributed by atoms with van der Waals surface area (Å²) in [6, 6.07) is 0. The predicted octanol–water partition coefficient (Wildman–Crippen LogP) is 0.298. The molecule has 0 radical (unpaired) electrons. The average molecular weight is 201 g/mol. The van der Waals surface area contributed by atoms with Crippen molar-refractivity contribution in [3.8, 4) is 0 Å². The molecule has 0 spiro atoms. The number of carbonyl (C=O) groups excluding carboxylic acids is 1. The molecule has 1 saturated carbocycles. The predicted molar refractivity (Wildman–Crippen MR) is 52.8 cm³/mol. The lowest BCUT2D eigenvalue weighted by Crippen LogP contribution is -2.39. The first-order valence-corrected chi connectivity index (χ1v) is 5.14. The van der Waals surface area contributed by atoms with E-state index in [4.69, 9.17) is 9.84 Å². The van der Waals surface area contributed by atoms with E-state index in [1.165, 1.54) is 0 Å². The molecular weight excluding hydrogens is 182 g/mol. The fourth-order valence-corrected chi connectivity index (χ4v) is 1.42. The summed E-state index contributed by atoms with van der Waals surface area (Å²) in [5.74, 6) is 0.382. The van der Waals surface area contributed by atoms with Gasteiger partial charge in [0.2, 0.25) is 5.91 Å². The summed E-state index contributed by atoms with van der Waals surface area (Å²) < 4.78 is 5.15. The van der Waals surface area contributed by atoms with Crippen LogP contribution in [0.1, 0.15) is 26.7 Å². The van der Waals surface area contributed by atoms with Gasteiger partial charge in [0.05, 0.1) is 12.2 Å². The molecule has 14 heavy (non-hydrogen) atoms. The van der Waals surface area contributed by atoms with Crippen LogP contribution in [0.3, 0.4) is 0 Å². The Balaban J connectivity index is 1.98. The molecule has 4 nitrogen and oxygen atoms in total. The normalized spacial score (nSPS) is 26.0. The molecule has 0 heterocycles. The zero-order valence-corrected chi connectivity index (χ0v) is 8.82. The van der Waals surface area contributed by atoms with Gasteiger partial charge in [0.15, 0.2) is 0 Å². The average Bonchev–Trinajstić information content (AvgIpc) is 2.07. The molecule has 1 aliphatic carbocycles. The van der Waals surface area contributed by atoms with Crippen molar-refractivity contribution in [1.82, 2.24) is 5.32 Å². The number of amides is 1. The van der Waals surface area contributed by atoms with Crippen LogP contribution < -0.4 is 5.32 Å². The summed E-state index contributed by atoms with van der Waals surface area (Å²) in [5.41, 5.74) is 0. The monoisotopic (exact) mass is 201 g/mol. The first-order chi connectivity index (χ1) is 6.58. The van der Waals surface area contributed by atoms with Crippen molar-refractivity contribution in [3.63, 3.8) is 0 Å². The summed E-state index contributed by atoms with van der Waals surface area (Å²) in [6.07, 6.45) is 1.56. The first-order valence-electron chi connectivity index (χ1n) is 5.14. The van der Waals surface area contributed by atoms with Crippen LogP contribution in [0.25, 0.3) is 0 Å². The molecule has 1 amide bonds. The van der Waals surface area contributed by atoms with Gasteiger partial charge in [0.25, 0.3) is 0 Å². The Kier molecular flexibility index (Phi) is 4.35. The second-order valence-electron chi connectivity index (χ2n) is 4.16. The molecule has 1 aliphatic rings. The van der Waals surface area contributed by atoms with E-state index in [0.29, 0.717) is 12.5 Å². The maximum absolute atomic E-state index is 11.2. The largest absolute Gasteiger partial charge is 0.393 e. The number of hydrogen-bond donors (Lipinski definition) is 2. The number of hydrogen-bond acceptors (Lipinski definition) is 3. The van der Waals surface area contributed by atoms with Gasteiger partial charge in [-0.25, -0.2) is 0 Å². The molecule has 0 aromatic rings. The van der Waals surface area contributed by atoms with Crippen molar-refractivity contribution in [3.05, 3.63) is 0 Å². The molecule has 0 aromatic carbocycles. The van der Waals surface area contributed by atoms with Gasteiger partial charge in [-0.3, -0.25) is 4.79 Å². The molecule has 0 atom stereocenters. The smallest absolute Gasteiger partial charge is 0.246 e. The minimum Gasteiger partial charge on any atom is -0.393 e. The van der Waals surface area contributed by atoms with Gasteiger partial charge in [0.1, 0.15) is 6.61 Å². The molecule has 0 aliphatic heterocycles. The third-order valence-electron chi connectivity index (χ3n) is 2.35. The van der Waals surface area contributed by atoms with Crippen LogP contribution in [-0.4, -0.2) is 36.4 Å². The van der Waals surface area contributed by atoms with E-state index in [1.54, 1.807) is 0 Å². The lowest BCUT2D eigenvalue weighted by Gasteiger charge is -2.31. The first kappa shape index (κ1) is 11.5. The highest BCUT2D eigenvalue weighted by atomic mass is 16.5. The van der Waals surface area contributed by atoms with Crippen molar-refractivity contribution in [2.75, 3.05) is 13.2 Å². The number of rotatable bonds is 5. The fraction of sp³-hybridized carbons (Fsp3) is 0.900. The molecule has 0 aromatic heterocycles. The van der Waals surface area contributed by atoms with E-state index in [9.17, 15) is 4.79 Å². The SMILES string of the molecule is CC(C)OCC(=O)NCC1CC(O)C1. The van der Waals surface area contributed by atoms with E-state index in [1.807, 2.05) is 13.8 Å². The van der Waals surface area contributed by atoms with Crippen molar-refractivity contribution < 1.29 is 14.6 Å². The lowest BCUT2D eigenvalue weighted by atomic mass is 9.82. The van der Waals surface area contributed by atoms with Gasteiger partial charge in [-0.1, -0.05) is 0 Å². The summed E-state index contributed by atoms with van der Waals surface area (Å²) in [5, 5.41) is 11.8. The number of aliphatic hydroxyl groups excluding tert-OH is 1. The molecule has 82 valence electrons. The van der Waals surface area contributed by atoms with E-state index in [0.717, 1.165) is 12.8 Å². The highest BCUT2D eigenvalue weighted by molar-refractivity contribution is 5.77. The van der Waals surface area contributed by atoms with Gasteiger partial charge in [0, 0.05) is 6.54 Å². The zero-order valence-electron chi connectivity index (χ0n) is 8.82. The number of ether oxygens (including phenoxy) is 1. The van der Waals surface area contributed by atoms with Crippen molar-refractivity contribution in [2.24, 2.45) is 5.92 Å². The van der Waals surface area contributed by atoms with Crippen LogP contribution in [-0.2, 0) is 9.53 Å². The standard InChI is InChI=1S/C10H19NO3/c1-7(2)14-6-10(13)11-5-8-3-9(12)4-8/h7-9,12H,3-6H2,1-2H3,(H,11,13). The second kappa shape index (κ2) is 5.32. The third-order valence-corrected chi connectivity index (χ3v) is 2.35. The van der Waals surface area contributed by atoms with Crippen LogP contribution in [0.4, 0.5) is 0 Å². The Hall–Kier alpha value is -0.610. The minimum absolute atomic E-state index is 0.0694. The van der Waals surface area contributed by atoms with Gasteiger partial charge in [-0.2, -0.15) is 0 Å². The molecule has 0 saturated heterocycles. The van der Waals surface area contributed by atoms with Crippen molar-refractivity contribution in [2.45, 2.75) is 38.9 Å². The highest BCUT2D eigenvalue weighted by Crippen LogP contribution is 2.25. The summed E-state index contributed by atoms with van der Waals surface area (Å²) in [6.45, 7) is 4.59. The summed E-state index contributed by atoms with van der Waals surface area (Å²) in [4.78, 5) is 11.2. The van der Waals surface area contributed by atoms with Crippen molar-refractivity contribution >= 4 is 5.91 Å². The van der Waals surface area contributed by atoms with E-state index in [-0.39, 0.29) is 24.7 Å². The van der Waals surface area contributed by atoms with Crippen LogP contribution in [0, 0.1) is 5.92 Å². The fourth-order valence-electron chi connectivity index (χ4n) is 1.42. The molecule has 1 fully saturated rings. The Labute approximate surface area is 84.6 Å². The van der Waals surface area contributed by atoms with Gasteiger partial charge < -0.3 is 15.2 Å². The lowest BCUT2D eigenvalue weighted by molar-refractivity contribution is -0.127. The number of nitrogens with one attached hydrogen (secondary N) is 1. The van der Waals surface area contributed by atoms with Crippen LogP contribution in [0.15, 0.2) is 0 Å². The van der Waals surface area contributed by atoms with E-state index >= 15 is 0 Å².